The van der Waals surface area contributed by atoms with Crippen molar-refractivity contribution < 1.29 is 43.2 Å². The molecule has 0 bridgehead atoms. The molecule has 0 heterocycles. The highest BCUT2D eigenvalue weighted by molar-refractivity contribution is 6.03. The van der Waals surface area contributed by atoms with Gasteiger partial charge in [0.15, 0.2) is 0 Å². The van der Waals surface area contributed by atoms with Gasteiger partial charge in [-0.2, -0.15) is 0 Å². The Kier molecular flexibility index (Phi) is 12.7. The number of guanidine groups is 2. The first-order chi connectivity index (χ1) is 19.8. The van der Waals surface area contributed by atoms with Gasteiger partial charge in [-0.3, -0.25) is 21.3 Å². The first-order valence-electron chi connectivity index (χ1n) is 13.7. The molecule has 0 aliphatic heterocycles. The van der Waals surface area contributed by atoms with Crippen molar-refractivity contribution in [2.45, 2.75) is 112 Å². The topological polar surface area (TPSA) is 198 Å². The molecule has 0 aromatic heterocycles. The zero-order chi connectivity index (χ0) is 34.1. The quantitative estimate of drug-likeness (QED) is 0.170. The van der Waals surface area contributed by atoms with Crippen LogP contribution in [0.5, 0.6) is 0 Å². The average Bonchev–Trinajstić information content (AvgIpc) is 2.73. The van der Waals surface area contributed by atoms with Crippen LogP contribution in [-0.2, 0) is 25.6 Å². The van der Waals surface area contributed by atoms with E-state index in [9.17, 15) is 24.3 Å². The van der Waals surface area contributed by atoms with Crippen molar-refractivity contribution in [1.82, 2.24) is 21.3 Å². The van der Waals surface area contributed by atoms with Crippen LogP contribution < -0.4 is 21.3 Å². The van der Waals surface area contributed by atoms with Gasteiger partial charge in [-0.1, -0.05) is 0 Å². The van der Waals surface area contributed by atoms with E-state index in [0.717, 1.165) is 0 Å². The molecule has 0 unspecified atom stereocenters. The average molecular weight is 623 g/mol. The molecule has 0 fully saturated rings. The number of carbonyl (C=O) groups excluding carboxylic acids is 4. The minimum atomic E-state index is -0.908. The van der Waals surface area contributed by atoms with Gasteiger partial charge in [0.25, 0.3) is 0 Å². The van der Waals surface area contributed by atoms with Crippen LogP contribution in [0.3, 0.4) is 0 Å². The fraction of sp³-hybridized carbons (Fsp3) is 0.586. The molecule has 15 nitrogen and oxygen atoms in total. The lowest BCUT2D eigenvalue weighted by Crippen LogP contribution is -2.47. The molecule has 5 N–H and O–H groups in total. The summed E-state index contributed by atoms with van der Waals surface area (Å²) in [7, 11) is 0. The number of nitrogens with one attached hydrogen (secondary N) is 4. The first kappa shape index (κ1) is 37.6. The normalized spacial score (nSPS) is 11.8. The Hall–Kier alpha value is -4.40. The van der Waals surface area contributed by atoms with Gasteiger partial charge in [0.05, 0.1) is 18.0 Å². The molecular formula is C29H46N6O9. The van der Waals surface area contributed by atoms with E-state index < -0.39 is 53.4 Å². The van der Waals surface area contributed by atoms with Crippen molar-refractivity contribution >= 4 is 47.7 Å². The number of amides is 4. The molecule has 0 aliphatic carbocycles. The summed E-state index contributed by atoms with van der Waals surface area (Å²) in [5.74, 6) is -0.699. The minimum absolute atomic E-state index is 0.103. The molecular weight excluding hydrogens is 576 g/mol. The van der Waals surface area contributed by atoms with Gasteiger partial charge in [-0.05, 0) is 107 Å². The lowest BCUT2D eigenvalue weighted by molar-refractivity contribution is 0.0521. The SMILES string of the molecule is CC(C)(C)OC(=O)NC(=Nc1cc(CO)cc(N=C(NC(=O)OC(C)(C)C)NC(=O)OC(C)(C)C)c1)NC(=O)OC(C)(C)C. The van der Waals surface area contributed by atoms with Gasteiger partial charge < -0.3 is 24.1 Å². The third kappa shape index (κ3) is 17.5. The van der Waals surface area contributed by atoms with Crippen LogP contribution in [0.15, 0.2) is 28.2 Å². The Balaban J connectivity index is 3.59. The van der Waals surface area contributed by atoms with Gasteiger partial charge in [-0.25, -0.2) is 29.2 Å². The van der Waals surface area contributed by atoms with Crippen molar-refractivity contribution in [2.75, 3.05) is 0 Å². The summed E-state index contributed by atoms with van der Waals surface area (Å²) in [6.45, 7) is 19.5. The van der Waals surface area contributed by atoms with Crippen LogP contribution in [0.1, 0.15) is 88.6 Å². The summed E-state index contributed by atoms with van der Waals surface area (Å²) in [5, 5.41) is 19.3. The second-order valence-corrected chi connectivity index (χ2v) is 13.4. The van der Waals surface area contributed by atoms with Crippen molar-refractivity contribution in [2.24, 2.45) is 9.98 Å². The highest BCUT2D eigenvalue weighted by Crippen LogP contribution is 2.24. The Morgan fingerprint density at radius 2 is 0.795 bits per heavy atom. The molecule has 0 saturated carbocycles. The van der Waals surface area contributed by atoms with Crippen LogP contribution in [0.2, 0.25) is 0 Å². The summed E-state index contributed by atoms with van der Waals surface area (Å²) < 4.78 is 21.1. The Labute approximate surface area is 258 Å². The largest absolute Gasteiger partial charge is 0.444 e. The number of nitrogens with zero attached hydrogens (tertiary/aromatic N) is 2. The number of hydrogen-bond donors (Lipinski definition) is 5. The number of alkyl carbamates (subject to hydrolysis) is 4. The second-order valence-electron chi connectivity index (χ2n) is 13.4. The molecule has 1 aromatic rings. The van der Waals surface area contributed by atoms with Crippen LogP contribution in [0, 0.1) is 0 Å². The number of rotatable bonds is 3. The molecule has 0 spiro atoms. The predicted octanol–water partition coefficient (Wildman–Crippen LogP) is 5.25. The lowest BCUT2D eigenvalue weighted by atomic mass is 10.2. The molecule has 0 aliphatic rings. The number of aliphatic hydroxyl groups is 1. The fourth-order valence-corrected chi connectivity index (χ4v) is 2.91. The predicted molar refractivity (Wildman–Crippen MR) is 164 cm³/mol. The van der Waals surface area contributed by atoms with Gasteiger partial charge in [0.2, 0.25) is 11.9 Å². The standard InChI is InChI=1S/C29H46N6O9/c1-26(2,3)41-22(37)32-20(33-23(38)42-27(4,5)6)30-18-13-17(16-36)14-19(15-18)31-21(34-24(39)43-28(7,8)9)35-25(40)44-29(10,11)12/h13-15,36H,16H2,1-12H3,(H2,30,32,33,37,38)(H2,31,34,35,39,40). The maximum absolute atomic E-state index is 12.5. The number of aliphatic imine (C=N–C) groups is 2. The maximum Gasteiger partial charge on any atom is 0.414 e. The number of ether oxygens (including phenoxy) is 4. The Morgan fingerprint density at radius 1 is 0.545 bits per heavy atom. The molecule has 1 aromatic carbocycles. The summed E-state index contributed by atoms with van der Waals surface area (Å²) in [6, 6.07) is 4.30. The monoisotopic (exact) mass is 622 g/mol. The maximum atomic E-state index is 12.5. The van der Waals surface area contributed by atoms with Gasteiger partial charge >= 0.3 is 24.4 Å². The second kappa shape index (κ2) is 14.9. The van der Waals surface area contributed by atoms with E-state index in [0.29, 0.717) is 5.56 Å². The highest BCUT2D eigenvalue weighted by atomic mass is 16.6. The Morgan fingerprint density at radius 3 is 1.00 bits per heavy atom. The highest BCUT2D eigenvalue weighted by Gasteiger charge is 2.23. The molecule has 1 rings (SSSR count). The minimum Gasteiger partial charge on any atom is -0.444 e. The zero-order valence-corrected chi connectivity index (χ0v) is 27.5. The summed E-state index contributed by atoms with van der Waals surface area (Å²) in [6.07, 6.45) is -3.63. The fourth-order valence-electron chi connectivity index (χ4n) is 2.91. The lowest BCUT2D eigenvalue weighted by Gasteiger charge is -2.22. The van der Waals surface area contributed by atoms with Crippen LogP contribution in [0.25, 0.3) is 0 Å². The van der Waals surface area contributed by atoms with Crippen molar-refractivity contribution in [1.29, 1.82) is 0 Å². The van der Waals surface area contributed by atoms with Crippen LogP contribution >= 0.6 is 0 Å². The van der Waals surface area contributed by atoms with E-state index >= 15 is 0 Å². The van der Waals surface area contributed by atoms with E-state index in [1.807, 2.05) is 0 Å². The molecule has 4 amide bonds. The molecule has 15 heteroatoms. The van der Waals surface area contributed by atoms with Gasteiger partial charge in [-0.15, -0.1) is 0 Å². The van der Waals surface area contributed by atoms with E-state index in [2.05, 4.69) is 31.3 Å². The summed E-state index contributed by atoms with van der Waals surface area (Å²) in [4.78, 5) is 58.5. The van der Waals surface area contributed by atoms with Crippen molar-refractivity contribution in [3.8, 4) is 0 Å². The molecule has 44 heavy (non-hydrogen) atoms. The third-order valence-corrected chi connectivity index (χ3v) is 4.10. The van der Waals surface area contributed by atoms with E-state index in [1.54, 1.807) is 83.1 Å². The zero-order valence-electron chi connectivity index (χ0n) is 27.5. The van der Waals surface area contributed by atoms with Crippen molar-refractivity contribution in [3.63, 3.8) is 0 Å². The molecule has 246 valence electrons. The number of aliphatic hydroxyl groups excluding tert-OH is 1. The number of carbonyl (C=O) groups is 4. The third-order valence-electron chi connectivity index (χ3n) is 4.10. The first-order valence-corrected chi connectivity index (χ1v) is 13.7. The Bertz CT molecular complexity index is 1110. The molecule has 0 radical (unpaired) electrons. The number of benzene rings is 1. The van der Waals surface area contributed by atoms with Crippen molar-refractivity contribution in [3.05, 3.63) is 23.8 Å². The number of hydrogen-bond acceptors (Lipinski definition) is 11. The van der Waals surface area contributed by atoms with E-state index in [4.69, 9.17) is 18.9 Å². The van der Waals surface area contributed by atoms with Crippen LogP contribution in [-0.4, -0.2) is 63.8 Å². The van der Waals surface area contributed by atoms with Gasteiger partial charge in [0.1, 0.15) is 22.4 Å². The smallest absolute Gasteiger partial charge is 0.414 e. The molecule has 0 saturated heterocycles. The molecule has 0 atom stereocenters. The van der Waals surface area contributed by atoms with E-state index in [1.165, 1.54) is 18.2 Å². The van der Waals surface area contributed by atoms with E-state index in [-0.39, 0.29) is 23.3 Å². The summed E-state index contributed by atoms with van der Waals surface area (Å²) >= 11 is 0. The van der Waals surface area contributed by atoms with Crippen LogP contribution in [0.4, 0.5) is 30.6 Å². The summed E-state index contributed by atoms with van der Waals surface area (Å²) in [5.41, 5.74) is -2.88. The van der Waals surface area contributed by atoms with Gasteiger partial charge in [0, 0.05) is 0 Å².